The van der Waals surface area contributed by atoms with E-state index in [0.29, 0.717) is 55.7 Å². The molecule has 0 radical (unpaired) electrons. The predicted molar refractivity (Wildman–Crippen MR) is 257 cm³/mol. The monoisotopic (exact) mass is 935 g/mol. The number of nitro groups is 1. The molecule has 5 aromatic rings. The number of anilines is 5. The maximum atomic E-state index is 14.4. The Kier molecular flexibility index (Phi) is 12.8. The molecular weight excluding hydrogens is 882 g/mol. The topological polar surface area (TPSA) is 195 Å². The zero-order valence-corrected chi connectivity index (χ0v) is 38.6. The van der Waals surface area contributed by atoms with Gasteiger partial charge in [0.1, 0.15) is 11.3 Å². The number of aromatic amines is 1. The fourth-order valence-corrected chi connectivity index (χ4v) is 10.6. The molecule has 346 valence electrons. The SMILES string of the molecule is CC1(C)CCC(CN2CCN(c3ccc(C(=O)NS(=O)(=O)c4ccc(NCC5CCOCC5)c([N+](=O)[O-])c4)c(N4CCC(=O)Nc5nc6[nH]ccc6cc54)c3)CC2)=C(c2ccc(Cl)cc2)C1. The van der Waals surface area contributed by atoms with E-state index in [9.17, 15) is 28.1 Å². The summed E-state index contributed by atoms with van der Waals surface area (Å²) in [5, 5.41) is 19.7. The van der Waals surface area contributed by atoms with E-state index in [1.54, 1.807) is 12.3 Å². The lowest BCUT2D eigenvalue weighted by molar-refractivity contribution is -0.384. The Morgan fingerprint density at radius 2 is 1.74 bits per heavy atom. The van der Waals surface area contributed by atoms with E-state index in [-0.39, 0.29) is 41.5 Å². The number of hydrogen-bond donors (Lipinski definition) is 4. The molecule has 4 N–H and O–H groups in total. The van der Waals surface area contributed by atoms with Crippen LogP contribution in [0.25, 0.3) is 16.6 Å². The fraction of sp³-hybridized carbons (Fsp3) is 0.396. The minimum atomic E-state index is -4.62. The predicted octanol–water partition coefficient (Wildman–Crippen LogP) is 8.35. The van der Waals surface area contributed by atoms with Crippen LogP contribution in [0.4, 0.5) is 34.3 Å². The summed E-state index contributed by atoms with van der Waals surface area (Å²) >= 11 is 6.27. The van der Waals surface area contributed by atoms with Crippen LogP contribution < -0.4 is 25.2 Å². The van der Waals surface area contributed by atoms with E-state index in [1.807, 2.05) is 41.3 Å². The molecule has 0 saturated carbocycles. The van der Waals surface area contributed by atoms with Gasteiger partial charge < -0.3 is 30.2 Å². The number of nitro benzene ring substituents is 1. The summed E-state index contributed by atoms with van der Waals surface area (Å²) < 4.78 is 35.5. The van der Waals surface area contributed by atoms with Gasteiger partial charge in [-0.3, -0.25) is 24.6 Å². The van der Waals surface area contributed by atoms with Crippen molar-refractivity contribution in [1.29, 1.82) is 0 Å². The summed E-state index contributed by atoms with van der Waals surface area (Å²) in [6.07, 6.45) is 6.59. The highest BCUT2D eigenvalue weighted by molar-refractivity contribution is 7.90. The van der Waals surface area contributed by atoms with Gasteiger partial charge in [0.05, 0.1) is 26.8 Å². The molecular formula is C48H54ClN9O7S. The standard InChI is InChI=1S/C48H54ClN9O7S/c1-48(2)16-11-34(39(28-48)32-3-5-35(49)6-4-32)30-55-19-21-56(22-20-55)36-7-9-38(41(26-36)57-18-13-44(59)52-46-43(57)25-33-12-17-50-45(33)53-46)47(60)54-66(63,64)37-8-10-40(42(27-37)58(61)62)51-29-31-14-23-65-24-15-31/h3-10,12,17,25-27,31,51H,11,13-16,18-24,28-30H2,1-2H3,(H,54,60)(H2,50,52,53,59). The van der Waals surface area contributed by atoms with Crippen molar-refractivity contribution in [2.24, 2.45) is 11.3 Å². The number of H-pyrrole nitrogens is 1. The van der Waals surface area contributed by atoms with E-state index in [1.165, 1.54) is 28.8 Å². The molecule has 0 atom stereocenters. The van der Waals surface area contributed by atoms with Crippen LogP contribution in [0.3, 0.4) is 0 Å². The highest BCUT2D eigenvalue weighted by Gasteiger charge is 2.32. The third-order valence-corrected chi connectivity index (χ3v) is 14.9. The van der Waals surface area contributed by atoms with Crippen LogP contribution in [-0.2, 0) is 19.6 Å². The first-order chi connectivity index (χ1) is 31.7. The number of halogens is 1. The number of carbonyl (C=O) groups excluding carboxylic acids is 2. The largest absolute Gasteiger partial charge is 0.381 e. The van der Waals surface area contributed by atoms with E-state index in [4.69, 9.17) is 21.3 Å². The number of piperazine rings is 1. The van der Waals surface area contributed by atoms with Crippen molar-refractivity contribution in [1.82, 2.24) is 19.6 Å². The van der Waals surface area contributed by atoms with Crippen molar-refractivity contribution in [3.63, 3.8) is 0 Å². The molecule has 16 nitrogen and oxygen atoms in total. The van der Waals surface area contributed by atoms with Crippen LogP contribution in [-0.4, -0.2) is 99.1 Å². The maximum Gasteiger partial charge on any atom is 0.293 e. The zero-order valence-electron chi connectivity index (χ0n) is 37.1. The normalized spacial score (nSPS) is 18.4. The summed E-state index contributed by atoms with van der Waals surface area (Å²) in [6.45, 7) is 10.4. The van der Waals surface area contributed by atoms with Gasteiger partial charge in [-0.1, -0.05) is 43.2 Å². The van der Waals surface area contributed by atoms with Crippen LogP contribution in [0, 0.1) is 21.4 Å². The van der Waals surface area contributed by atoms with Crippen LogP contribution in [0.1, 0.15) is 68.3 Å². The highest BCUT2D eigenvalue weighted by Crippen LogP contribution is 2.44. The van der Waals surface area contributed by atoms with Crippen molar-refractivity contribution < 1.29 is 27.7 Å². The second-order valence-corrected chi connectivity index (χ2v) is 20.5. The van der Waals surface area contributed by atoms with Gasteiger partial charge in [0.2, 0.25) is 5.91 Å². The Hall–Kier alpha value is -6.01. The molecule has 18 heteroatoms. The van der Waals surface area contributed by atoms with E-state index >= 15 is 0 Å². The Morgan fingerprint density at radius 1 is 0.970 bits per heavy atom. The number of fused-ring (bicyclic) bond motifs is 2. The van der Waals surface area contributed by atoms with Gasteiger partial charge in [-0.05, 0) is 109 Å². The van der Waals surface area contributed by atoms with Crippen LogP contribution in [0.15, 0.2) is 89.5 Å². The number of aromatic nitrogens is 2. The summed E-state index contributed by atoms with van der Waals surface area (Å²) in [5.41, 5.74) is 6.37. The molecule has 0 bridgehead atoms. The lowest BCUT2D eigenvalue weighted by Gasteiger charge is -2.39. The zero-order chi connectivity index (χ0) is 46.2. The van der Waals surface area contributed by atoms with Gasteiger partial charge >= 0.3 is 0 Å². The first-order valence-corrected chi connectivity index (χ1v) is 24.4. The summed E-state index contributed by atoms with van der Waals surface area (Å²) in [7, 11) is -4.62. The van der Waals surface area contributed by atoms with Gasteiger partial charge in [0.15, 0.2) is 5.82 Å². The van der Waals surface area contributed by atoms with E-state index in [0.717, 1.165) is 73.9 Å². The second-order valence-electron chi connectivity index (χ2n) is 18.4. The van der Waals surface area contributed by atoms with Crippen LogP contribution in [0.5, 0.6) is 0 Å². The smallest absolute Gasteiger partial charge is 0.293 e. The third-order valence-electron chi connectivity index (χ3n) is 13.3. The molecule has 5 heterocycles. The number of nitrogens with one attached hydrogen (secondary N) is 4. The number of allylic oxidation sites excluding steroid dienone is 1. The number of rotatable bonds is 12. The molecule has 2 amide bonds. The first kappa shape index (κ1) is 45.2. The number of carbonyl (C=O) groups is 2. The number of amides is 2. The quantitative estimate of drug-likeness (QED) is 0.0691. The summed E-state index contributed by atoms with van der Waals surface area (Å²) in [4.78, 5) is 53.0. The number of hydrogen-bond acceptors (Lipinski definition) is 12. The summed E-state index contributed by atoms with van der Waals surface area (Å²) in [6, 6.07) is 20.7. The number of nitrogens with zero attached hydrogens (tertiary/aromatic N) is 5. The third kappa shape index (κ3) is 9.89. The van der Waals surface area contributed by atoms with Crippen LogP contribution >= 0.6 is 11.6 Å². The molecule has 0 unspecified atom stereocenters. The minimum absolute atomic E-state index is 0.0292. The van der Waals surface area contributed by atoms with Gasteiger partial charge in [-0.2, -0.15) is 0 Å². The molecule has 4 aliphatic rings. The minimum Gasteiger partial charge on any atom is -0.381 e. The number of ether oxygens (including phenoxy) is 1. The van der Waals surface area contributed by atoms with Crippen molar-refractivity contribution in [3.8, 4) is 0 Å². The molecule has 9 rings (SSSR count). The van der Waals surface area contributed by atoms with Gasteiger partial charge in [-0.15, -0.1) is 0 Å². The molecule has 1 aliphatic carbocycles. The lowest BCUT2D eigenvalue weighted by Crippen LogP contribution is -2.47. The van der Waals surface area contributed by atoms with Gasteiger partial charge in [-0.25, -0.2) is 18.1 Å². The van der Waals surface area contributed by atoms with Gasteiger partial charge in [0.25, 0.3) is 21.6 Å². The first-order valence-electron chi connectivity index (χ1n) is 22.5. The molecule has 66 heavy (non-hydrogen) atoms. The van der Waals surface area contributed by atoms with E-state index in [2.05, 4.69) is 56.1 Å². The molecule has 3 aliphatic heterocycles. The van der Waals surface area contributed by atoms with Crippen molar-refractivity contribution in [2.45, 2.75) is 57.3 Å². The number of pyridine rings is 1. The Morgan fingerprint density at radius 3 is 2.50 bits per heavy atom. The number of sulfonamides is 1. The van der Waals surface area contributed by atoms with Crippen molar-refractivity contribution >= 4 is 84.3 Å². The molecule has 0 spiro atoms. The van der Waals surface area contributed by atoms with Gasteiger partial charge in [0, 0.05) is 93.8 Å². The maximum absolute atomic E-state index is 14.4. The average molecular weight is 937 g/mol. The van der Waals surface area contributed by atoms with Crippen molar-refractivity contribution in [2.75, 3.05) is 79.5 Å². The molecule has 3 aromatic carbocycles. The number of benzene rings is 3. The molecule has 2 fully saturated rings. The second kappa shape index (κ2) is 18.7. The Labute approximate surface area is 388 Å². The molecule has 2 saturated heterocycles. The Bertz CT molecular complexity index is 2820. The fourth-order valence-electron chi connectivity index (χ4n) is 9.50. The Balaban J connectivity index is 0.997. The molecule has 2 aromatic heterocycles. The van der Waals surface area contributed by atoms with E-state index < -0.39 is 31.4 Å². The highest BCUT2D eigenvalue weighted by atomic mass is 35.5. The summed E-state index contributed by atoms with van der Waals surface area (Å²) in [5.74, 6) is -0.650. The lowest BCUT2D eigenvalue weighted by atomic mass is 9.72. The average Bonchev–Trinajstić information content (AvgIpc) is 3.70. The van der Waals surface area contributed by atoms with Crippen molar-refractivity contribution in [3.05, 3.63) is 111 Å². The van der Waals surface area contributed by atoms with Crippen LogP contribution in [0.2, 0.25) is 5.02 Å².